The molecule has 0 radical (unpaired) electrons. The molecule has 1 atom stereocenters. The molecule has 0 aliphatic carbocycles. The molecule has 9 heteroatoms. The van der Waals surface area contributed by atoms with Crippen molar-refractivity contribution < 1.29 is 27.9 Å². The monoisotopic (exact) mass is 386 g/mol. The van der Waals surface area contributed by atoms with Gasteiger partial charge < -0.3 is 15.7 Å². The molecular formula is C17H14ClF3N2O3. The molecule has 0 unspecified atom stereocenters. The van der Waals surface area contributed by atoms with Crippen LogP contribution in [0.15, 0.2) is 42.5 Å². The van der Waals surface area contributed by atoms with Crippen LogP contribution < -0.4 is 10.6 Å². The van der Waals surface area contributed by atoms with E-state index < -0.39 is 29.6 Å². The molecule has 0 fully saturated rings. The zero-order valence-electron chi connectivity index (χ0n) is 13.4. The highest BCUT2D eigenvalue weighted by atomic mass is 35.5. The Kier molecular flexibility index (Phi) is 5.76. The third-order valence-corrected chi connectivity index (χ3v) is 3.66. The van der Waals surface area contributed by atoms with Crippen molar-refractivity contribution in [3.05, 3.63) is 58.6 Å². The minimum atomic E-state index is -4.47. The molecule has 0 bridgehead atoms. The number of rotatable bonds is 4. The van der Waals surface area contributed by atoms with Crippen LogP contribution in [0.25, 0.3) is 0 Å². The topological polar surface area (TPSA) is 78.4 Å². The van der Waals surface area contributed by atoms with E-state index in [0.29, 0.717) is 0 Å². The lowest BCUT2D eigenvalue weighted by Gasteiger charge is -2.15. The lowest BCUT2D eigenvalue weighted by molar-refractivity contribution is -0.137. The minimum absolute atomic E-state index is 0.0661. The smallest absolute Gasteiger partial charge is 0.416 e. The Hall–Kier alpha value is -2.74. The van der Waals surface area contributed by atoms with Gasteiger partial charge in [-0.25, -0.2) is 0 Å². The lowest BCUT2D eigenvalue weighted by Crippen LogP contribution is -2.41. The van der Waals surface area contributed by atoms with Crippen LogP contribution in [0.4, 0.5) is 18.9 Å². The van der Waals surface area contributed by atoms with Crippen molar-refractivity contribution >= 4 is 29.1 Å². The fourth-order valence-electron chi connectivity index (χ4n) is 2.03. The zero-order valence-corrected chi connectivity index (χ0v) is 14.2. The third kappa shape index (κ3) is 4.89. The average molecular weight is 387 g/mol. The molecule has 2 amide bonds. The van der Waals surface area contributed by atoms with Crippen LogP contribution in [0.5, 0.6) is 5.75 Å². The Balaban J connectivity index is 2.00. The summed E-state index contributed by atoms with van der Waals surface area (Å²) in [5, 5.41) is 14.7. The first-order valence-electron chi connectivity index (χ1n) is 7.35. The summed E-state index contributed by atoms with van der Waals surface area (Å²) in [6.45, 7) is 1.39. The van der Waals surface area contributed by atoms with E-state index in [1.807, 2.05) is 0 Å². The van der Waals surface area contributed by atoms with Crippen molar-refractivity contribution in [1.29, 1.82) is 0 Å². The van der Waals surface area contributed by atoms with Gasteiger partial charge in [-0.1, -0.05) is 11.6 Å². The van der Waals surface area contributed by atoms with Gasteiger partial charge in [0, 0.05) is 10.7 Å². The summed E-state index contributed by atoms with van der Waals surface area (Å²) in [6, 6.07) is 6.79. The first-order chi connectivity index (χ1) is 12.1. The van der Waals surface area contributed by atoms with Gasteiger partial charge in [0.15, 0.2) is 0 Å². The third-order valence-electron chi connectivity index (χ3n) is 3.43. The van der Waals surface area contributed by atoms with E-state index in [-0.39, 0.29) is 22.0 Å². The number of hydrogen-bond donors (Lipinski definition) is 3. The molecular weight excluding hydrogens is 373 g/mol. The van der Waals surface area contributed by atoms with Crippen molar-refractivity contribution in [2.45, 2.75) is 19.1 Å². The normalized spacial score (nSPS) is 12.3. The van der Waals surface area contributed by atoms with Crippen molar-refractivity contribution in [2.75, 3.05) is 5.32 Å². The molecule has 2 aromatic rings. The van der Waals surface area contributed by atoms with Crippen LogP contribution in [0.2, 0.25) is 5.02 Å². The van der Waals surface area contributed by atoms with E-state index in [1.165, 1.54) is 25.1 Å². The summed E-state index contributed by atoms with van der Waals surface area (Å²) in [5.74, 6) is -1.67. The van der Waals surface area contributed by atoms with Gasteiger partial charge in [-0.05, 0) is 49.4 Å². The number of halogens is 4. The van der Waals surface area contributed by atoms with E-state index in [0.717, 1.165) is 24.3 Å². The molecule has 0 spiro atoms. The molecule has 3 N–H and O–H groups in total. The number of anilines is 1. The predicted octanol–water partition coefficient (Wildman–Crippen LogP) is 3.82. The Morgan fingerprint density at radius 1 is 1.12 bits per heavy atom. The highest BCUT2D eigenvalue weighted by Crippen LogP contribution is 2.29. The van der Waals surface area contributed by atoms with Gasteiger partial charge in [0.2, 0.25) is 5.91 Å². The molecule has 0 saturated carbocycles. The van der Waals surface area contributed by atoms with Gasteiger partial charge in [-0.15, -0.1) is 0 Å². The summed E-state index contributed by atoms with van der Waals surface area (Å²) in [7, 11) is 0. The maximum atomic E-state index is 12.5. The van der Waals surface area contributed by atoms with Gasteiger partial charge in [0.05, 0.1) is 11.1 Å². The molecule has 0 aliphatic rings. The van der Waals surface area contributed by atoms with Gasteiger partial charge >= 0.3 is 6.18 Å². The second-order valence-electron chi connectivity index (χ2n) is 5.42. The van der Waals surface area contributed by atoms with Crippen LogP contribution >= 0.6 is 11.6 Å². The van der Waals surface area contributed by atoms with Crippen molar-refractivity contribution in [1.82, 2.24) is 5.32 Å². The summed E-state index contributed by atoms with van der Waals surface area (Å²) < 4.78 is 37.5. The number of aromatic hydroxyl groups is 1. The molecule has 26 heavy (non-hydrogen) atoms. The average Bonchev–Trinajstić information content (AvgIpc) is 2.54. The molecule has 138 valence electrons. The fourth-order valence-corrected chi connectivity index (χ4v) is 2.20. The maximum Gasteiger partial charge on any atom is 0.416 e. The number of hydrogen-bond acceptors (Lipinski definition) is 3. The summed E-state index contributed by atoms with van der Waals surface area (Å²) in [5.41, 5.74) is -0.753. The Labute approximate surface area is 151 Å². The largest absolute Gasteiger partial charge is 0.507 e. The minimum Gasteiger partial charge on any atom is -0.507 e. The molecule has 2 rings (SSSR count). The number of phenols is 1. The zero-order chi connectivity index (χ0) is 19.5. The van der Waals surface area contributed by atoms with Gasteiger partial charge in [0.1, 0.15) is 11.8 Å². The van der Waals surface area contributed by atoms with Crippen LogP contribution in [0, 0.1) is 0 Å². The number of phenolic OH excluding ortho intramolecular Hbond substituents is 1. The van der Waals surface area contributed by atoms with Crippen LogP contribution in [0.3, 0.4) is 0 Å². The SMILES string of the molecule is C[C@H](NC(=O)c1ccc(Cl)cc1O)C(=O)Nc1ccc(C(F)(F)F)cc1. The highest BCUT2D eigenvalue weighted by Gasteiger charge is 2.30. The highest BCUT2D eigenvalue weighted by molar-refractivity contribution is 6.30. The van der Waals surface area contributed by atoms with Gasteiger partial charge in [-0.2, -0.15) is 13.2 Å². The van der Waals surface area contributed by atoms with Gasteiger partial charge in [-0.3, -0.25) is 9.59 Å². The molecule has 0 heterocycles. The van der Waals surface area contributed by atoms with E-state index >= 15 is 0 Å². The maximum absolute atomic E-state index is 12.5. The molecule has 0 saturated heterocycles. The number of benzene rings is 2. The quantitative estimate of drug-likeness (QED) is 0.747. The Morgan fingerprint density at radius 3 is 2.27 bits per heavy atom. The fraction of sp³-hybridized carbons (Fsp3) is 0.176. The van der Waals surface area contributed by atoms with Crippen molar-refractivity contribution in [2.24, 2.45) is 0 Å². The van der Waals surface area contributed by atoms with E-state index in [2.05, 4.69) is 10.6 Å². The molecule has 5 nitrogen and oxygen atoms in total. The first-order valence-corrected chi connectivity index (χ1v) is 7.73. The summed E-state index contributed by atoms with van der Waals surface area (Å²) in [6.07, 6.45) is -4.47. The van der Waals surface area contributed by atoms with Crippen LogP contribution in [0.1, 0.15) is 22.8 Å². The molecule has 0 aromatic heterocycles. The number of carbonyl (C=O) groups excluding carboxylic acids is 2. The van der Waals surface area contributed by atoms with E-state index in [9.17, 15) is 27.9 Å². The first kappa shape index (κ1) is 19.6. The van der Waals surface area contributed by atoms with Crippen LogP contribution in [-0.2, 0) is 11.0 Å². The standard InChI is InChI=1S/C17H14ClF3N2O3/c1-9(22-16(26)13-7-4-11(18)8-14(13)24)15(25)23-12-5-2-10(3-6-12)17(19,20)21/h2-9,24H,1H3,(H,22,26)(H,23,25)/t9-/m0/s1. The second kappa shape index (κ2) is 7.65. The number of alkyl halides is 3. The van der Waals surface area contributed by atoms with Crippen LogP contribution in [-0.4, -0.2) is 23.0 Å². The summed E-state index contributed by atoms with van der Waals surface area (Å²) in [4.78, 5) is 24.1. The molecule has 2 aromatic carbocycles. The predicted molar refractivity (Wildman–Crippen MR) is 90.1 cm³/mol. The van der Waals surface area contributed by atoms with Crippen molar-refractivity contribution in [3.8, 4) is 5.75 Å². The number of carbonyl (C=O) groups is 2. The number of amides is 2. The summed E-state index contributed by atoms with van der Waals surface area (Å²) >= 11 is 5.68. The molecule has 0 aliphatic heterocycles. The second-order valence-corrected chi connectivity index (χ2v) is 5.86. The van der Waals surface area contributed by atoms with E-state index in [4.69, 9.17) is 11.6 Å². The lowest BCUT2D eigenvalue weighted by atomic mass is 10.1. The Bertz CT molecular complexity index is 823. The Morgan fingerprint density at radius 2 is 1.73 bits per heavy atom. The number of nitrogens with one attached hydrogen (secondary N) is 2. The van der Waals surface area contributed by atoms with Crippen molar-refractivity contribution in [3.63, 3.8) is 0 Å². The van der Waals surface area contributed by atoms with Gasteiger partial charge in [0.25, 0.3) is 5.91 Å². The van der Waals surface area contributed by atoms with E-state index in [1.54, 1.807) is 0 Å².